The van der Waals surface area contributed by atoms with Crippen molar-refractivity contribution in [1.29, 1.82) is 0 Å². The molecule has 1 rings (SSSR count). The first kappa shape index (κ1) is 10.6. The van der Waals surface area contributed by atoms with Gasteiger partial charge in [-0.3, -0.25) is 0 Å². The average Bonchev–Trinajstić information content (AvgIpc) is 2.15. The molecule has 0 unspecified atom stereocenters. The van der Waals surface area contributed by atoms with Crippen LogP contribution in [0.15, 0.2) is 24.3 Å². The predicted molar refractivity (Wildman–Crippen MR) is 62.3 cm³/mol. The van der Waals surface area contributed by atoms with E-state index in [-0.39, 0.29) is 0 Å². The lowest BCUT2D eigenvalue weighted by Gasteiger charge is -2.05. The molecule has 0 saturated carbocycles. The Bertz CT molecular complexity index is 253. The highest BCUT2D eigenvalue weighted by atomic mass is 32.1. The fourth-order valence-corrected chi connectivity index (χ4v) is 1.54. The monoisotopic (exact) mass is 194 g/mol. The molecule has 0 radical (unpaired) electrons. The van der Waals surface area contributed by atoms with Crippen molar-refractivity contribution in [2.75, 3.05) is 0 Å². The number of thiol groups is 1. The number of aryl methyl sites for hydroxylation is 1. The van der Waals surface area contributed by atoms with Crippen molar-refractivity contribution in [3.8, 4) is 0 Å². The molecule has 0 nitrogen and oxygen atoms in total. The minimum Gasteiger partial charge on any atom is -0.175 e. The molecule has 72 valence electrons. The van der Waals surface area contributed by atoms with E-state index in [0.29, 0.717) is 0 Å². The van der Waals surface area contributed by atoms with Crippen LogP contribution in [0.4, 0.5) is 0 Å². The van der Waals surface area contributed by atoms with Gasteiger partial charge in [-0.2, -0.15) is 12.6 Å². The Morgan fingerprint density at radius 2 is 1.92 bits per heavy atom. The van der Waals surface area contributed by atoms with E-state index in [1.54, 1.807) is 0 Å². The molecule has 0 atom stereocenters. The van der Waals surface area contributed by atoms with Crippen LogP contribution < -0.4 is 0 Å². The van der Waals surface area contributed by atoms with Gasteiger partial charge in [0, 0.05) is 5.75 Å². The Hall–Kier alpha value is -0.430. The zero-order valence-electron chi connectivity index (χ0n) is 8.46. The Morgan fingerprint density at radius 1 is 1.23 bits per heavy atom. The smallest absolute Gasteiger partial charge is 0.0154 e. The summed E-state index contributed by atoms with van der Waals surface area (Å²) in [6.45, 7) is 4.53. The van der Waals surface area contributed by atoms with Crippen molar-refractivity contribution in [1.82, 2.24) is 0 Å². The van der Waals surface area contributed by atoms with E-state index < -0.39 is 0 Å². The van der Waals surface area contributed by atoms with Gasteiger partial charge in [0.1, 0.15) is 0 Å². The molecule has 0 amide bonds. The van der Waals surface area contributed by atoms with Crippen molar-refractivity contribution in [3.05, 3.63) is 35.4 Å². The van der Waals surface area contributed by atoms with Crippen molar-refractivity contribution in [2.45, 2.75) is 32.4 Å². The van der Waals surface area contributed by atoms with E-state index in [4.69, 9.17) is 0 Å². The van der Waals surface area contributed by atoms with Gasteiger partial charge in [0.15, 0.2) is 0 Å². The molecule has 1 aromatic carbocycles. The van der Waals surface area contributed by atoms with Gasteiger partial charge in [0.2, 0.25) is 0 Å². The summed E-state index contributed by atoms with van der Waals surface area (Å²) in [5.74, 6) is 1.63. The van der Waals surface area contributed by atoms with E-state index >= 15 is 0 Å². The second-order valence-electron chi connectivity index (χ2n) is 3.91. The van der Waals surface area contributed by atoms with Crippen LogP contribution in [0.2, 0.25) is 0 Å². The molecule has 0 bridgehead atoms. The molecule has 0 saturated heterocycles. The Labute approximate surface area is 86.8 Å². The van der Waals surface area contributed by atoms with Crippen molar-refractivity contribution >= 4 is 12.6 Å². The minimum atomic E-state index is 0.791. The largest absolute Gasteiger partial charge is 0.175 e. The summed E-state index contributed by atoms with van der Waals surface area (Å²) < 4.78 is 0. The van der Waals surface area contributed by atoms with Crippen molar-refractivity contribution in [2.24, 2.45) is 5.92 Å². The first-order valence-corrected chi connectivity index (χ1v) is 5.54. The summed E-state index contributed by atoms with van der Waals surface area (Å²) in [5, 5.41) is 0. The number of hydrogen-bond donors (Lipinski definition) is 1. The molecule has 1 aromatic rings. The maximum atomic E-state index is 4.27. The van der Waals surface area contributed by atoms with E-state index in [1.807, 2.05) is 0 Å². The zero-order chi connectivity index (χ0) is 9.68. The molecule has 0 spiro atoms. The Kier molecular flexibility index (Phi) is 4.37. The lowest BCUT2D eigenvalue weighted by Crippen LogP contribution is -1.92. The summed E-state index contributed by atoms with van der Waals surface area (Å²) in [6, 6.07) is 8.72. The van der Waals surface area contributed by atoms with Gasteiger partial charge in [-0.25, -0.2) is 0 Å². The third kappa shape index (κ3) is 3.86. The second-order valence-corrected chi connectivity index (χ2v) is 4.23. The van der Waals surface area contributed by atoms with E-state index in [0.717, 1.165) is 11.7 Å². The Morgan fingerprint density at radius 3 is 2.54 bits per heavy atom. The van der Waals surface area contributed by atoms with E-state index in [1.165, 1.54) is 24.0 Å². The molecule has 0 fully saturated rings. The summed E-state index contributed by atoms with van der Waals surface area (Å²) in [7, 11) is 0. The number of hydrogen-bond acceptors (Lipinski definition) is 1. The standard InChI is InChI=1S/C12H18S/c1-10(2)6-7-11-4-3-5-12(8-11)9-13/h3-5,8,10,13H,6-7,9H2,1-2H3. The summed E-state index contributed by atoms with van der Waals surface area (Å²) >= 11 is 4.27. The second kappa shape index (κ2) is 5.33. The molecule has 1 heteroatoms. The van der Waals surface area contributed by atoms with Gasteiger partial charge < -0.3 is 0 Å². The lowest BCUT2D eigenvalue weighted by atomic mass is 10.0. The highest BCUT2D eigenvalue weighted by Gasteiger charge is 1.97. The normalized spacial score (nSPS) is 10.8. The lowest BCUT2D eigenvalue weighted by molar-refractivity contribution is 0.586. The molecule has 0 aromatic heterocycles. The summed E-state index contributed by atoms with van der Waals surface area (Å²) in [4.78, 5) is 0. The first-order chi connectivity index (χ1) is 6.22. The predicted octanol–water partition coefficient (Wildman–Crippen LogP) is 3.71. The van der Waals surface area contributed by atoms with Crippen molar-refractivity contribution in [3.63, 3.8) is 0 Å². The average molecular weight is 194 g/mol. The molecule has 0 N–H and O–H groups in total. The van der Waals surface area contributed by atoms with Gasteiger partial charge >= 0.3 is 0 Å². The maximum absolute atomic E-state index is 4.27. The third-order valence-corrected chi connectivity index (χ3v) is 2.55. The van der Waals surface area contributed by atoms with Gasteiger partial charge in [-0.15, -0.1) is 0 Å². The fraction of sp³-hybridized carbons (Fsp3) is 0.500. The quantitative estimate of drug-likeness (QED) is 0.694. The van der Waals surface area contributed by atoms with Crippen LogP contribution in [0.1, 0.15) is 31.4 Å². The van der Waals surface area contributed by atoms with Gasteiger partial charge in [0.05, 0.1) is 0 Å². The topological polar surface area (TPSA) is 0 Å². The molecule has 0 aliphatic heterocycles. The summed E-state index contributed by atoms with van der Waals surface area (Å²) in [6.07, 6.45) is 2.47. The van der Waals surface area contributed by atoms with Crippen LogP contribution >= 0.6 is 12.6 Å². The van der Waals surface area contributed by atoms with Crippen LogP contribution in [0, 0.1) is 5.92 Å². The first-order valence-electron chi connectivity index (χ1n) is 4.91. The molecule has 0 aliphatic rings. The minimum absolute atomic E-state index is 0.791. The van der Waals surface area contributed by atoms with Crippen LogP contribution in [0.5, 0.6) is 0 Å². The molecule has 0 aliphatic carbocycles. The molecular formula is C12H18S. The molecule has 0 heterocycles. The number of benzene rings is 1. The van der Waals surface area contributed by atoms with Crippen LogP contribution in [-0.4, -0.2) is 0 Å². The maximum Gasteiger partial charge on any atom is 0.0154 e. The number of rotatable bonds is 4. The van der Waals surface area contributed by atoms with Crippen LogP contribution in [0.3, 0.4) is 0 Å². The van der Waals surface area contributed by atoms with Crippen molar-refractivity contribution < 1.29 is 0 Å². The highest BCUT2D eigenvalue weighted by Crippen LogP contribution is 2.12. The molecular weight excluding hydrogens is 176 g/mol. The van der Waals surface area contributed by atoms with E-state index in [2.05, 4.69) is 50.7 Å². The fourth-order valence-electron chi connectivity index (χ4n) is 1.34. The highest BCUT2D eigenvalue weighted by molar-refractivity contribution is 7.79. The third-order valence-electron chi connectivity index (χ3n) is 2.18. The molecule has 13 heavy (non-hydrogen) atoms. The van der Waals surface area contributed by atoms with Crippen LogP contribution in [0.25, 0.3) is 0 Å². The van der Waals surface area contributed by atoms with Gasteiger partial charge in [-0.05, 0) is 29.9 Å². The van der Waals surface area contributed by atoms with E-state index in [9.17, 15) is 0 Å². The zero-order valence-corrected chi connectivity index (χ0v) is 9.35. The van der Waals surface area contributed by atoms with Gasteiger partial charge in [-0.1, -0.05) is 38.1 Å². The van der Waals surface area contributed by atoms with Crippen LogP contribution in [-0.2, 0) is 12.2 Å². The SMILES string of the molecule is CC(C)CCc1cccc(CS)c1. The van der Waals surface area contributed by atoms with Gasteiger partial charge in [0.25, 0.3) is 0 Å². The Balaban J connectivity index is 2.56. The summed E-state index contributed by atoms with van der Waals surface area (Å²) in [5.41, 5.74) is 2.77.